The number of aliphatic carboxylic acids is 2. The first-order valence-corrected chi connectivity index (χ1v) is 22.4. The van der Waals surface area contributed by atoms with Gasteiger partial charge >= 0.3 is 28.4 Å². The lowest BCUT2D eigenvalue weighted by Crippen LogP contribution is -2.28. The Balaban J connectivity index is 0.000000336. The van der Waals surface area contributed by atoms with E-state index in [2.05, 4.69) is 60.3 Å². The quantitative estimate of drug-likeness (QED) is 0.0601. The lowest BCUT2D eigenvalue weighted by Gasteiger charge is -2.21. The Bertz CT molecular complexity index is 2170. The van der Waals surface area contributed by atoms with Crippen molar-refractivity contribution in [1.29, 1.82) is 0 Å². The summed E-state index contributed by atoms with van der Waals surface area (Å²) in [5.41, 5.74) is 5.38. The molecule has 2 aliphatic rings. The number of amidine groups is 2. The number of urea groups is 1. The Morgan fingerprint density at radius 3 is 1.77 bits per heavy atom. The van der Waals surface area contributed by atoms with Gasteiger partial charge in [-0.05, 0) is 81.4 Å². The number of carbonyl (C=O) groups is 3. The largest absolute Gasteiger partial charge is 0.481 e. The molecule has 64 heavy (non-hydrogen) atoms. The molecule has 10 N–H and O–H groups in total. The molecule has 350 valence electrons. The molecule has 2 amide bonds. The van der Waals surface area contributed by atoms with E-state index in [4.69, 9.17) is 44.4 Å². The van der Waals surface area contributed by atoms with Crippen molar-refractivity contribution in [1.82, 2.24) is 20.5 Å². The fourth-order valence-electron chi connectivity index (χ4n) is 5.74. The molecule has 21 heteroatoms. The van der Waals surface area contributed by atoms with Gasteiger partial charge in [0, 0.05) is 83.3 Å². The molecule has 3 aromatic carbocycles. The molecule has 0 bridgehead atoms. The Kier molecular flexibility index (Phi) is 25.0. The van der Waals surface area contributed by atoms with Gasteiger partial charge in [-0.2, -0.15) is 8.42 Å². The predicted octanol–water partition coefficient (Wildman–Crippen LogP) is 6.12. The molecule has 4 aromatic rings. The van der Waals surface area contributed by atoms with Crippen LogP contribution in [-0.2, 0) is 20.0 Å². The van der Waals surface area contributed by atoms with Crippen LogP contribution in [0.15, 0.2) is 89.0 Å². The summed E-state index contributed by atoms with van der Waals surface area (Å²) in [7, 11) is -4.67. The van der Waals surface area contributed by atoms with E-state index < -0.39 is 22.3 Å². The molecule has 2 aliphatic heterocycles. The smallest absolute Gasteiger partial charge is 0.394 e. The molecule has 19 nitrogen and oxygen atoms in total. The third-order valence-electron chi connectivity index (χ3n) is 8.82. The molecular formula is C43H60ClN9O10S. The van der Waals surface area contributed by atoms with Crippen LogP contribution in [0.3, 0.4) is 0 Å². The first-order chi connectivity index (χ1) is 30.5. The van der Waals surface area contributed by atoms with E-state index in [1.807, 2.05) is 79.0 Å². The van der Waals surface area contributed by atoms with Crippen LogP contribution in [0.1, 0.15) is 64.5 Å². The molecule has 0 spiro atoms. The van der Waals surface area contributed by atoms with Crippen LogP contribution in [0.4, 0.5) is 21.9 Å². The minimum Gasteiger partial charge on any atom is -0.481 e. The van der Waals surface area contributed by atoms with Gasteiger partial charge in [0.05, 0.1) is 25.2 Å². The molecular weight excluding hydrogens is 870 g/mol. The van der Waals surface area contributed by atoms with Gasteiger partial charge in [-0.1, -0.05) is 56.6 Å². The summed E-state index contributed by atoms with van der Waals surface area (Å²) in [6.45, 7) is 13.8. The Morgan fingerprint density at radius 2 is 1.33 bits per heavy atom. The highest BCUT2D eigenvalue weighted by molar-refractivity contribution is 7.79. The number of pyridine rings is 1. The molecule has 6 rings (SSSR count). The molecule has 1 atom stereocenters. The number of hydrogen-bond acceptors (Lipinski definition) is 13. The number of nitrogens with one attached hydrogen (secondary N) is 5. The number of benzene rings is 3. The zero-order valence-corrected chi connectivity index (χ0v) is 38.0. The van der Waals surface area contributed by atoms with Gasteiger partial charge in [-0.25, -0.2) is 4.79 Å². The summed E-state index contributed by atoms with van der Waals surface area (Å²) in [5.74, 6) is 0.244. The average Bonchev–Trinajstić information content (AvgIpc) is 4.00. The number of aromatic nitrogens is 1. The normalized spacial score (nSPS) is 13.0. The molecule has 0 saturated carbocycles. The number of likely N-dealkylation sites (N-methyl/N-ethyl adjacent to an activating group) is 1. The minimum absolute atomic E-state index is 0.222. The summed E-state index contributed by atoms with van der Waals surface area (Å²) >= 11 is 6.03. The number of aliphatic imine (C=N–C) groups is 2. The van der Waals surface area contributed by atoms with Crippen LogP contribution in [-0.4, -0.2) is 131 Å². The second kappa shape index (κ2) is 29.5. The van der Waals surface area contributed by atoms with Gasteiger partial charge in [0.2, 0.25) is 0 Å². The fourth-order valence-corrected chi connectivity index (χ4v) is 5.91. The molecule has 0 fully saturated rings. The SMILES string of the molecule is CCC(=O)O.CCC(=O)O.CCN(CCO)CCCC(C)Nc1ccnc2cc(Cl)ccc12.O=C(Nc1cccc(C2=NCCN2)c1)Nc1cccc(C2=NCCN2)c1.O=S(=O)(O)O. The van der Waals surface area contributed by atoms with E-state index in [0.717, 1.165) is 109 Å². The van der Waals surface area contributed by atoms with E-state index in [1.165, 1.54) is 0 Å². The fraction of sp³-hybridized carbons (Fsp3) is 0.395. The molecule has 0 radical (unpaired) electrons. The maximum Gasteiger partial charge on any atom is 0.394 e. The number of amides is 2. The van der Waals surface area contributed by atoms with Crippen LogP contribution in [0.25, 0.3) is 10.9 Å². The third kappa shape index (κ3) is 23.0. The van der Waals surface area contributed by atoms with Crippen LogP contribution in [0.5, 0.6) is 0 Å². The number of aliphatic hydroxyl groups is 1. The van der Waals surface area contributed by atoms with Gasteiger partial charge in [0.25, 0.3) is 0 Å². The van der Waals surface area contributed by atoms with E-state index in [1.54, 1.807) is 13.8 Å². The van der Waals surface area contributed by atoms with Crippen molar-refractivity contribution in [2.45, 2.75) is 59.4 Å². The van der Waals surface area contributed by atoms with E-state index in [9.17, 15) is 14.4 Å². The first kappa shape index (κ1) is 54.2. The highest BCUT2D eigenvalue weighted by atomic mass is 35.5. The lowest BCUT2D eigenvalue weighted by molar-refractivity contribution is -0.137. The number of carbonyl (C=O) groups excluding carboxylic acids is 1. The standard InChI is InChI=1S/C19H20N6O.C18H26ClN3O.2C3H6O2.H2O4S/c26-19(24-15-5-1-3-13(11-15)17-20-7-8-21-17)25-16-6-2-4-14(12-16)18-22-9-10-23-18;1-3-22(11-12-23)10-4-5-14(2)21-17-8-9-20-18-13-15(19)6-7-16(17)18;2*1-2-3(4)5;1-5(2,3)4/h1-6,11-12H,7-10H2,(H,20,21)(H,22,23)(H2,24,25,26);6-9,13-14,23H,3-5,10-12H2,1-2H3,(H,20,21);2*2H2,1H3,(H,4,5);(H2,1,2,3,4). The van der Waals surface area contributed by atoms with Crippen molar-refractivity contribution < 1.29 is 47.2 Å². The van der Waals surface area contributed by atoms with E-state index >= 15 is 0 Å². The van der Waals surface area contributed by atoms with Crippen molar-refractivity contribution in [2.24, 2.45) is 9.98 Å². The Labute approximate surface area is 379 Å². The molecule has 0 aliphatic carbocycles. The summed E-state index contributed by atoms with van der Waals surface area (Å²) in [6.07, 6.45) is 4.45. The second-order valence-corrected chi connectivity index (χ2v) is 15.2. The number of nitrogens with zero attached hydrogens (tertiary/aromatic N) is 4. The molecule has 0 saturated heterocycles. The number of fused-ring (bicyclic) bond motifs is 1. The number of aliphatic hydroxyl groups excluding tert-OH is 1. The third-order valence-corrected chi connectivity index (χ3v) is 9.06. The predicted molar refractivity (Wildman–Crippen MR) is 253 cm³/mol. The zero-order chi connectivity index (χ0) is 47.5. The number of hydrogen-bond donors (Lipinski definition) is 10. The van der Waals surface area contributed by atoms with Crippen LogP contribution in [0, 0.1) is 0 Å². The number of carboxylic acid groups (broad SMARTS) is 2. The van der Waals surface area contributed by atoms with Crippen molar-refractivity contribution in [3.63, 3.8) is 0 Å². The van der Waals surface area contributed by atoms with E-state index in [-0.39, 0.29) is 25.5 Å². The highest BCUT2D eigenvalue weighted by Gasteiger charge is 2.12. The van der Waals surface area contributed by atoms with Crippen molar-refractivity contribution in [3.05, 3.63) is 95.1 Å². The summed E-state index contributed by atoms with van der Waals surface area (Å²) < 4.78 is 31.6. The first-order valence-electron chi connectivity index (χ1n) is 20.6. The zero-order valence-electron chi connectivity index (χ0n) is 36.4. The summed E-state index contributed by atoms with van der Waals surface area (Å²) in [4.78, 5) is 46.5. The topological polar surface area (TPSA) is 288 Å². The summed E-state index contributed by atoms with van der Waals surface area (Å²) in [5, 5.41) is 42.0. The van der Waals surface area contributed by atoms with Gasteiger partial charge in [0.15, 0.2) is 0 Å². The summed E-state index contributed by atoms with van der Waals surface area (Å²) in [6, 6.07) is 23.2. The average molecular weight is 931 g/mol. The number of halogens is 1. The Morgan fingerprint density at radius 1 is 0.812 bits per heavy atom. The number of rotatable bonds is 15. The van der Waals surface area contributed by atoms with Crippen molar-refractivity contribution in [3.8, 4) is 0 Å². The van der Waals surface area contributed by atoms with Gasteiger partial charge < -0.3 is 46.8 Å². The van der Waals surface area contributed by atoms with Gasteiger partial charge in [-0.15, -0.1) is 0 Å². The monoisotopic (exact) mass is 929 g/mol. The molecule has 1 unspecified atom stereocenters. The second-order valence-electron chi connectivity index (χ2n) is 13.9. The van der Waals surface area contributed by atoms with Crippen LogP contribution >= 0.6 is 11.6 Å². The van der Waals surface area contributed by atoms with Crippen LogP contribution < -0.4 is 26.6 Å². The lowest BCUT2D eigenvalue weighted by atomic mass is 10.1. The van der Waals surface area contributed by atoms with Gasteiger partial charge in [0.1, 0.15) is 11.7 Å². The molecule has 3 heterocycles. The number of carboxylic acids is 2. The molecule has 1 aromatic heterocycles. The van der Waals surface area contributed by atoms with Gasteiger partial charge in [-0.3, -0.25) is 33.7 Å². The minimum atomic E-state index is -4.67. The Hall–Kier alpha value is -5.90. The van der Waals surface area contributed by atoms with E-state index in [0.29, 0.717) is 11.1 Å². The van der Waals surface area contributed by atoms with Crippen molar-refractivity contribution >= 4 is 79.6 Å². The highest BCUT2D eigenvalue weighted by Crippen LogP contribution is 2.25. The maximum atomic E-state index is 12.3. The number of anilines is 3. The van der Waals surface area contributed by atoms with Crippen molar-refractivity contribution in [2.75, 3.05) is 68.4 Å². The maximum absolute atomic E-state index is 12.3. The van der Waals surface area contributed by atoms with Crippen LogP contribution in [0.2, 0.25) is 5.02 Å².